The average Bonchev–Trinajstić information content (AvgIpc) is 3.65. The molecule has 0 spiro atoms. The number of rotatable bonds is 7. The molecule has 0 radical (unpaired) electrons. The molecule has 6 aromatic rings. The van der Waals surface area contributed by atoms with Crippen molar-refractivity contribution in [2.45, 2.75) is 20.0 Å². The molecule has 0 unspecified atom stereocenters. The molecule has 170 valence electrons. The zero-order valence-electron chi connectivity index (χ0n) is 18.4. The van der Waals surface area contributed by atoms with Gasteiger partial charge >= 0.3 is 5.84 Å². The van der Waals surface area contributed by atoms with E-state index < -0.39 is 0 Å². The number of thiazole rings is 1. The van der Waals surface area contributed by atoms with Crippen LogP contribution in [0.4, 0.5) is 0 Å². The molecule has 4 aromatic heterocycles. The van der Waals surface area contributed by atoms with E-state index in [9.17, 15) is 0 Å². The average molecular weight is 474 g/mol. The molecule has 2 aromatic carbocycles. The molecule has 0 aliphatic carbocycles. The van der Waals surface area contributed by atoms with Gasteiger partial charge in [-0.05, 0) is 0 Å². The van der Waals surface area contributed by atoms with E-state index >= 15 is 0 Å². The number of oxazole rings is 1. The van der Waals surface area contributed by atoms with Crippen LogP contribution in [-0.2, 0) is 13.0 Å². The van der Waals surface area contributed by atoms with E-state index in [-0.39, 0.29) is 6.61 Å². The van der Waals surface area contributed by atoms with Crippen molar-refractivity contribution in [3.63, 3.8) is 0 Å². The number of aromatic nitrogens is 5. The van der Waals surface area contributed by atoms with E-state index in [0.717, 1.165) is 16.3 Å². The first-order valence-corrected chi connectivity index (χ1v) is 11.5. The lowest BCUT2D eigenvalue weighted by Crippen LogP contribution is -1.97. The number of nitrogens with zero attached hydrogens (tertiary/aromatic N) is 5. The highest BCUT2D eigenvalue weighted by atomic mass is 32.1. The Hall–Kier alpha value is -4.18. The fourth-order valence-corrected chi connectivity index (χ4v) is 4.35. The van der Waals surface area contributed by atoms with Gasteiger partial charge < -0.3 is 18.3 Å². The predicted octanol–water partition coefficient (Wildman–Crippen LogP) is 5.40. The van der Waals surface area contributed by atoms with Crippen LogP contribution in [-0.4, -0.2) is 31.7 Å². The monoisotopic (exact) mass is 473 g/mol. The lowest BCUT2D eigenvalue weighted by molar-refractivity contribution is 0.303. The van der Waals surface area contributed by atoms with Gasteiger partial charge in [-0.1, -0.05) is 37.3 Å². The van der Waals surface area contributed by atoms with Crippen LogP contribution >= 0.6 is 11.3 Å². The van der Waals surface area contributed by atoms with Crippen molar-refractivity contribution in [1.82, 2.24) is 24.6 Å². The fraction of sp³-hybridized carbons (Fsp3) is 0.167. The Bertz CT molecular complexity index is 1570. The van der Waals surface area contributed by atoms with E-state index in [1.165, 1.54) is 0 Å². The first kappa shape index (κ1) is 20.4. The van der Waals surface area contributed by atoms with E-state index in [4.69, 9.17) is 23.3 Å². The van der Waals surface area contributed by atoms with Crippen LogP contribution in [0.2, 0.25) is 0 Å². The topological polar surface area (TPSA) is 101 Å². The van der Waals surface area contributed by atoms with Gasteiger partial charge in [0.2, 0.25) is 11.8 Å². The van der Waals surface area contributed by atoms with Crippen LogP contribution in [0.5, 0.6) is 11.5 Å². The summed E-state index contributed by atoms with van der Waals surface area (Å²) in [4.78, 5) is 13.8. The maximum atomic E-state index is 6.11. The number of fused-ring (bicyclic) bond motifs is 2. The summed E-state index contributed by atoms with van der Waals surface area (Å²) in [6, 6.07) is 13.6. The molecule has 10 heteroatoms. The van der Waals surface area contributed by atoms with Gasteiger partial charge in [-0.25, -0.2) is 9.97 Å². The summed E-state index contributed by atoms with van der Waals surface area (Å²) in [5, 5.41) is 7.27. The highest BCUT2D eigenvalue weighted by molar-refractivity contribution is 7.13. The van der Waals surface area contributed by atoms with Gasteiger partial charge in [0.25, 0.3) is 0 Å². The summed E-state index contributed by atoms with van der Waals surface area (Å²) in [6.07, 6.45) is 2.41. The zero-order valence-corrected chi connectivity index (χ0v) is 19.2. The van der Waals surface area contributed by atoms with Gasteiger partial charge in [-0.2, -0.15) is 9.50 Å². The number of ether oxygens (including phenoxy) is 2. The largest absolute Gasteiger partial charge is 0.496 e. The number of imidazole rings is 1. The van der Waals surface area contributed by atoms with Crippen molar-refractivity contribution in [2.24, 2.45) is 0 Å². The minimum absolute atomic E-state index is 0.287. The maximum Gasteiger partial charge on any atom is 0.325 e. The van der Waals surface area contributed by atoms with Crippen molar-refractivity contribution in [2.75, 3.05) is 7.11 Å². The van der Waals surface area contributed by atoms with Crippen LogP contribution in [0.1, 0.15) is 18.5 Å². The first-order chi connectivity index (χ1) is 16.7. The second-order valence-corrected chi connectivity index (χ2v) is 8.35. The molecule has 0 saturated carbocycles. The van der Waals surface area contributed by atoms with Crippen LogP contribution in [0.25, 0.3) is 39.1 Å². The maximum absolute atomic E-state index is 6.11. The second kappa shape index (κ2) is 8.31. The molecule has 0 N–H and O–H groups in total. The molecule has 0 atom stereocenters. The molecule has 34 heavy (non-hydrogen) atoms. The summed E-state index contributed by atoms with van der Waals surface area (Å²) in [7, 11) is 1.59. The number of methoxy groups -OCH3 is 1. The van der Waals surface area contributed by atoms with Crippen LogP contribution in [0.3, 0.4) is 0 Å². The van der Waals surface area contributed by atoms with Crippen LogP contribution < -0.4 is 9.47 Å². The van der Waals surface area contributed by atoms with E-state index in [1.807, 2.05) is 42.6 Å². The minimum atomic E-state index is 0.287. The number of aryl methyl sites for hydroxylation is 1. The number of benzene rings is 2. The lowest BCUT2D eigenvalue weighted by atomic mass is 10.2. The summed E-state index contributed by atoms with van der Waals surface area (Å²) in [5.41, 5.74) is 3.52. The fourth-order valence-electron chi connectivity index (χ4n) is 3.54. The standard InChI is InChI=1S/C24H19N5O4S/c1-3-20-28-29-11-17(26-24(29)33-20)22-27-21-18(9-16(30-2)10-19(21)32-22)31-12-15-13-34-23(25-15)14-7-5-4-6-8-14/h4-11,13H,3,12H2,1-2H3. The predicted molar refractivity (Wildman–Crippen MR) is 126 cm³/mol. The molecular formula is C24H19N5O4S. The summed E-state index contributed by atoms with van der Waals surface area (Å²) >= 11 is 1.58. The van der Waals surface area contributed by atoms with Crippen molar-refractivity contribution in [3.05, 3.63) is 65.6 Å². The van der Waals surface area contributed by atoms with Gasteiger partial charge in [-0.3, -0.25) is 0 Å². The summed E-state index contributed by atoms with van der Waals surface area (Å²) in [5.74, 6) is 2.48. The second-order valence-electron chi connectivity index (χ2n) is 7.49. The Morgan fingerprint density at radius 1 is 1.06 bits per heavy atom. The van der Waals surface area contributed by atoms with Gasteiger partial charge in [0.05, 0.1) is 19.0 Å². The molecule has 0 amide bonds. The summed E-state index contributed by atoms with van der Waals surface area (Å²) in [6.45, 7) is 2.25. The molecule has 4 heterocycles. The van der Waals surface area contributed by atoms with Crippen molar-refractivity contribution >= 4 is 28.3 Å². The molecule has 6 rings (SSSR count). The van der Waals surface area contributed by atoms with Crippen molar-refractivity contribution in [1.29, 1.82) is 0 Å². The minimum Gasteiger partial charge on any atom is -0.496 e. The quantitative estimate of drug-likeness (QED) is 0.304. The van der Waals surface area contributed by atoms with Crippen LogP contribution in [0, 0.1) is 0 Å². The Kier molecular flexibility index (Phi) is 4.99. The van der Waals surface area contributed by atoms with Crippen LogP contribution in [0.15, 0.2) is 62.9 Å². The number of hydrogen-bond donors (Lipinski definition) is 0. The van der Waals surface area contributed by atoms with Gasteiger partial charge in [0.1, 0.15) is 23.1 Å². The summed E-state index contributed by atoms with van der Waals surface area (Å²) < 4.78 is 24.7. The lowest BCUT2D eigenvalue weighted by Gasteiger charge is -2.07. The third-order valence-electron chi connectivity index (χ3n) is 5.22. The van der Waals surface area contributed by atoms with Gasteiger partial charge in [-0.15, -0.1) is 16.4 Å². The Morgan fingerprint density at radius 3 is 2.74 bits per heavy atom. The van der Waals surface area contributed by atoms with E-state index in [2.05, 4.69) is 15.1 Å². The Balaban J connectivity index is 1.30. The number of hydrogen-bond acceptors (Lipinski definition) is 9. The smallest absolute Gasteiger partial charge is 0.325 e. The molecule has 0 fully saturated rings. The molecule has 0 aliphatic heterocycles. The van der Waals surface area contributed by atoms with Crippen molar-refractivity contribution < 1.29 is 18.3 Å². The highest BCUT2D eigenvalue weighted by Crippen LogP contribution is 2.35. The van der Waals surface area contributed by atoms with E-state index in [0.29, 0.717) is 52.3 Å². The van der Waals surface area contributed by atoms with E-state index in [1.54, 1.807) is 41.3 Å². The third-order valence-corrected chi connectivity index (χ3v) is 6.16. The van der Waals surface area contributed by atoms with Crippen molar-refractivity contribution in [3.8, 4) is 33.7 Å². The first-order valence-electron chi connectivity index (χ1n) is 10.7. The Labute approximate surface area is 197 Å². The molecular weight excluding hydrogens is 454 g/mol. The zero-order chi connectivity index (χ0) is 23.1. The molecule has 9 nitrogen and oxygen atoms in total. The molecule has 0 aliphatic rings. The SMILES string of the molecule is CCc1nn2cc(-c3nc4c(OCc5csc(-c6ccccc6)n5)cc(OC)cc4o3)nc2o1. The normalized spacial score (nSPS) is 11.5. The third kappa shape index (κ3) is 3.67. The Morgan fingerprint density at radius 2 is 1.94 bits per heavy atom. The molecule has 0 saturated heterocycles. The molecule has 0 bridgehead atoms. The van der Waals surface area contributed by atoms with Gasteiger partial charge in [0, 0.05) is 29.5 Å². The highest BCUT2D eigenvalue weighted by Gasteiger charge is 2.19. The van der Waals surface area contributed by atoms with Gasteiger partial charge in [0.15, 0.2) is 16.8 Å².